The van der Waals surface area contributed by atoms with Crippen molar-refractivity contribution in [2.45, 2.75) is 13.5 Å². The molecule has 122 valence electrons. The van der Waals surface area contributed by atoms with Gasteiger partial charge < -0.3 is 10.1 Å². The van der Waals surface area contributed by atoms with Crippen LogP contribution in [0.3, 0.4) is 0 Å². The molecule has 0 fully saturated rings. The highest BCUT2D eigenvalue weighted by Gasteiger charge is 2.09. The summed E-state index contributed by atoms with van der Waals surface area (Å²) in [4.78, 5) is 21.9. The highest BCUT2D eigenvalue weighted by molar-refractivity contribution is 5.67. The van der Waals surface area contributed by atoms with Crippen LogP contribution in [0.2, 0.25) is 0 Å². The van der Waals surface area contributed by atoms with Crippen LogP contribution < -0.4 is 5.32 Å². The van der Waals surface area contributed by atoms with Crippen LogP contribution in [-0.2, 0) is 11.3 Å². The number of hydrogen-bond donors (Lipinski definition) is 1. The molecule has 0 saturated carbocycles. The molecule has 0 aliphatic rings. The lowest BCUT2D eigenvalue weighted by molar-refractivity contribution is -0.385. The summed E-state index contributed by atoms with van der Waals surface area (Å²) in [6, 6.07) is 14.1. The van der Waals surface area contributed by atoms with Crippen molar-refractivity contribution < 1.29 is 14.5 Å². The fraction of sp³-hybridized carbons (Fsp3) is 0.167. The largest absolute Gasteiger partial charge is 0.445 e. The standard InChI is InChI=1S/C18H16N2O4/c1-14-9-10-15(12-17(14)20(22)23)8-5-11-19-18(21)24-13-16-6-3-2-4-7-16/h2-4,6-7,9-10,12H,11,13H2,1H3,(H,19,21). The maximum atomic E-state index is 11.5. The Morgan fingerprint density at radius 2 is 2.00 bits per heavy atom. The quantitative estimate of drug-likeness (QED) is 0.532. The van der Waals surface area contributed by atoms with Gasteiger partial charge in [-0.3, -0.25) is 10.1 Å². The van der Waals surface area contributed by atoms with Crippen molar-refractivity contribution in [2.75, 3.05) is 6.54 Å². The van der Waals surface area contributed by atoms with Crippen LogP contribution in [0.5, 0.6) is 0 Å². The van der Waals surface area contributed by atoms with Crippen LogP contribution in [0, 0.1) is 28.9 Å². The highest BCUT2D eigenvalue weighted by Crippen LogP contribution is 2.18. The Morgan fingerprint density at radius 1 is 1.25 bits per heavy atom. The first-order chi connectivity index (χ1) is 11.6. The van der Waals surface area contributed by atoms with Crippen LogP contribution in [0.25, 0.3) is 0 Å². The molecule has 1 amide bonds. The van der Waals surface area contributed by atoms with Gasteiger partial charge in [0.25, 0.3) is 5.69 Å². The molecular weight excluding hydrogens is 308 g/mol. The van der Waals surface area contributed by atoms with Gasteiger partial charge in [-0.2, -0.15) is 0 Å². The Hall–Kier alpha value is -3.33. The molecule has 24 heavy (non-hydrogen) atoms. The van der Waals surface area contributed by atoms with Crippen molar-refractivity contribution in [3.8, 4) is 11.8 Å². The number of nitrogens with zero attached hydrogens (tertiary/aromatic N) is 1. The van der Waals surface area contributed by atoms with E-state index in [1.807, 2.05) is 30.3 Å². The highest BCUT2D eigenvalue weighted by atomic mass is 16.6. The molecule has 0 unspecified atom stereocenters. The Kier molecular flexibility index (Phi) is 5.92. The van der Waals surface area contributed by atoms with Crippen LogP contribution in [0.1, 0.15) is 16.7 Å². The van der Waals surface area contributed by atoms with E-state index < -0.39 is 11.0 Å². The summed E-state index contributed by atoms with van der Waals surface area (Å²) >= 11 is 0. The van der Waals surface area contributed by atoms with E-state index in [-0.39, 0.29) is 18.8 Å². The number of carbonyl (C=O) groups excluding carboxylic acids is 1. The fourth-order valence-electron chi connectivity index (χ4n) is 1.92. The molecule has 2 aromatic carbocycles. The van der Waals surface area contributed by atoms with Gasteiger partial charge in [0.2, 0.25) is 0 Å². The zero-order valence-corrected chi connectivity index (χ0v) is 13.1. The second-order valence-corrected chi connectivity index (χ2v) is 4.98. The second-order valence-electron chi connectivity index (χ2n) is 4.98. The van der Waals surface area contributed by atoms with Crippen LogP contribution in [-0.4, -0.2) is 17.6 Å². The van der Waals surface area contributed by atoms with Gasteiger partial charge in [0.05, 0.1) is 11.5 Å². The summed E-state index contributed by atoms with van der Waals surface area (Å²) in [5, 5.41) is 13.4. The third-order valence-corrected chi connectivity index (χ3v) is 3.17. The first kappa shape index (κ1) is 17.0. The summed E-state index contributed by atoms with van der Waals surface area (Å²) in [6.07, 6.45) is -0.567. The van der Waals surface area contributed by atoms with E-state index in [9.17, 15) is 14.9 Å². The molecule has 6 heteroatoms. The number of nitro benzene ring substituents is 1. The monoisotopic (exact) mass is 324 g/mol. The Labute approximate surface area is 139 Å². The molecule has 1 N–H and O–H groups in total. The molecule has 0 bridgehead atoms. The van der Waals surface area contributed by atoms with Gasteiger partial charge in [-0.05, 0) is 18.6 Å². The Bertz CT molecular complexity index is 792. The third-order valence-electron chi connectivity index (χ3n) is 3.17. The number of alkyl carbamates (subject to hydrolysis) is 1. The zero-order chi connectivity index (χ0) is 17.4. The molecule has 0 heterocycles. The van der Waals surface area contributed by atoms with E-state index >= 15 is 0 Å². The molecule has 2 rings (SSSR count). The topological polar surface area (TPSA) is 81.5 Å². The average Bonchev–Trinajstić information content (AvgIpc) is 2.59. The summed E-state index contributed by atoms with van der Waals surface area (Å²) < 4.78 is 5.04. The Balaban J connectivity index is 1.82. The normalized spacial score (nSPS) is 9.54. The maximum absolute atomic E-state index is 11.5. The van der Waals surface area contributed by atoms with Gasteiger partial charge in [-0.15, -0.1) is 0 Å². The molecule has 0 spiro atoms. The fourth-order valence-corrected chi connectivity index (χ4v) is 1.92. The van der Waals surface area contributed by atoms with Crippen molar-refractivity contribution in [1.29, 1.82) is 0 Å². The number of amides is 1. The molecule has 0 atom stereocenters. The zero-order valence-electron chi connectivity index (χ0n) is 13.1. The summed E-state index contributed by atoms with van der Waals surface area (Å²) in [6.45, 7) is 1.94. The van der Waals surface area contributed by atoms with Gasteiger partial charge in [0, 0.05) is 17.2 Å². The summed E-state index contributed by atoms with van der Waals surface area (Å²) in [5.41, 5.74) is 2.02. The maximum Gasteiger partial charge on any atom is 0.408 e. The first-order valence-electron chi connectivity index (χ1n) is 7.25. The molecular formula is C18H16N2O4. The second kappa shape index (κ2) is 8.34. The third kappa shape index (κ3) is 5.14. The van der Waals surface area contributed by atoms with E-state index in [2.05, 4.69) is 17.2 Å². The van der Waals surface area contributed by atoms with Crippen LogP contribution >= 0.6 is 0 Å². The summed E-state index contributed by atoms with van der Waals surface area (Å²) in [7, 11) is 0. The molecule has 0 radical (unpaired) electrons. The molecule has 0 aliphatic carbocycles. The predicted octanol–water partition coefficient (Wildman–Crippen LogP) is 3.18. The molecule has 0 aromatic heterocycles. The number of nitro groups is 1. The van der Waals surface area contributed by atoms with Crippen LogP contribution in [0.15, 0.2) is 48.5 Å². The van der Waals surface area contributed by atoms with Crippen molar-refractivity contribution in [3.63, 3.8) is 0 Å². The number of nitrogens with one attached hydrogen (secondary N) is 1. The van der Waals surface area contributed by atoms with E-state index in [0.717, 1.165) is 5.56 Å². The number of ether oxygens (including phenoxy) is 1. The van der Waals surface area contributed by atoms with E-state index in [4.69, 9.17) is 4.74 Å². The smallest absolute Gasteiger partial charge is 0.408 e. The SMILES string of the molecule is Cc1ccc(C#CCNC(=O)OCc2ccccc2)cc1[N+](=O)[O-]. The molecule has 2 aromatic rings. The lowest BCUT2D eigenvalue weighted by Gasteiger charge is -2.04. The number of aryl methyl sites for hydroxylation is 1. The lowest BCUT2D eigenvalue weighted by atomic mass is 10.1. The van der Waals surface area contributed by atoms with Gasteiger partial charge in [-0.25, -0.2) is 4.79 Å². The van der Waals surface area contributed by atoms with Crippen molar-refractivity contribution in [2.24, 2.45) is 0 Å². The van der Waals surface area contributed by atoms with Crippen molar-refractivity contribution in [3.05, 3.63) is 75.3 Å². The van der Waals surface area contributed by atoms with Crippen molar-refractivity contribution >= 4 is 11.8 Å². The van der Waals surface area contributed by atoms with Crippen molar-refractivity contribution in [1.82, 2.24) is 5.32 Å². The van der Waals surface area contributed by atoms with Gasteiger partial charge in [-0.1, -0.05) is 48.2 Å². The average molecular weight is 324 g/mol. The minimum Gasteiger partial charge on any atom is -0.445 e. The number of hydrogen-bond acceptors (Lipinski definition) is 4. The van der Waals surface area contributed by atoms with E-state index in [0.29, 0.717) is 11.1 Å². The minimum atomic E-state index is -0.567. The molecule has 0 saturated heterocycles. The van der Waals surface area contributed by atoms with Gasteiger partial charge in [0.15, 0.2) is 0 Å². The van der Waals surface area contributed by atoms with Gasteiger partial charge in [0.1, 0.15) is 6.61 Å². The van der Waals surface area contributed by atoms with E-state index in [1.54, 1.807) is 19.1 Å². The van der Waals surface area contributed by atoms with Crippen LogP contribution in [0.4, 0.5) is 10.5 Å². The summed E-state index contributed by atoms with van der Waals surface area (Å²) in [5.74, 6) is 5.50. The minimum absolute atomic E-state index is 0.0250. The number of rotatable bonds is 4. The Morgan fingerprint density at radius 3 is 2.71 bits per heavy atom. The first-order valence-corrected chi connectivity index (χ1v) is 7.25. The number of benzene rings is 2. The lowest BCUT2D eigenvalue weighted by Crippen LogP contribution is -2.24. The van der Waals surface area contributed by atoms with E-state index in [1.165, 1.54) is 6.07 Å². The molecule has 6 nitrogen and oxygen atoms in total. The molecule has 0 aliphatic heterocycles. The number of carbonyl (C=O) groups is 1. The predicted molar refractivity (Wildman–Crippen MR) is 89.3 cm³/mol. The van der Waals surface area contributed by atoms with Gasteiger partial charge >= 0.3 is 6.09 Å².